The largest absolute Gasteiger partial charge is 0.294 e. The van der Waals surface area contributed by atoms with E-state index in [2.05, 4.69) is 6.07 Å². The number of carbonyl (C=O) groups excluding carboxylic acids is 1. The molecule has 2 aromatic rings. The van der Waals surface area contributed by atoms with Gasteiger partial charge < -0.3 is 0 Å². The molecule has 8 heteroatoms. The molecule has 3 rings (SSSR count). The molecule has 1 unspecified atom stereocenters. The monoisotopic (exact) mass is 467 g/mol. The highest BCUT2D eigenvalue weighted by atomic mass is 35.5. The van der Waals surface area contributed by atoms with Crippen molar-refractivity contribution in [2.45, 2.75) is 12.8 Å². The van der Waals surface area contributed by atoms with E-state index in [4.69, 9.17) is 22.1 Å². The van der Waals surface area contributed by atoms with Crippen LogP contribution >= 0.6 is 11.6 Å². The first-order valence-electron chi connectivity index (χ1n) is 10.1. The minimum absolute atomic E-state index is 0.00727. The molecule has 1 saturated heterocycles. The lowest BCUT2D eigenvalue weighted by Crippen LogP contribution is -2.47. The number of hydrogen-bond acceptors (Lipinski definition) is 5. The number of halogens is 1. The van der Waals surface area contributed by atoms with Gasteiger partial charge in [-0.1, -0.05) is 24.3 Å². The normalized spacial score (nSPS) is 18.3. The van der Waals surface area contributed by atoms with Crippen molar-refractivity contribution in [3.05, 3.63) is 76.4 Å². The van der Waals surface area contributed by atoms with E-state index in [1.807, 2.05) is 6.07 Å². The minimum atomic E-state index is -3.57. The fraction of sp³-hybridized carbons (Fsp3) is 0.292. The van der Waals surface area contributed by atoms with E-state index in [1.54, 1.807) is 54.6 Å². The van der Waals surface area contributed by atoms with Gasteiger partial charge in [0.2, 0.25) is 10.0 Å². The molecule has 164 valence electrons. The van der Waals surface area contributed by atoms with Crippen molar-refractivity contribution in [2.75, 3.05) is 24.7 Å². The molecule has 0 saturated carbocycles. The maximum Gasteiger partial charge on any atom is 0.214 e. The Morgan fingerprint density at radius 1 is 1.03 bits per heavy atom. The summed E-state index contributed by atoms with van der Waals surface area (Å²) in [6.07, 6.45) is 2.40. The van der Waals surface area contributed by atoms with Crippen molar-refractivity contribution < 1.29 is 13.2 Å². The van der Waals surface area contributed by atoms with Crippen molar-refractivity contribution in [3.8, 4) is 12.1 Å². The van der Waals surface area contributed by atoms with Gasteiger partial charge in [-0.25, -0.2) is 8.42 Å². The summed E-state index contributed by atoms with van der Waals surface area (Å²) in [7, 11) is -3.57. The summed E-state index contributed by atoms with van der Waals surface area (Å²) in [6, 6.07) is 17.8. The minimum Gasteiger partial charge on any atom is -0.294 e. The Hall–Kier alpha value is -2.97. The van der Waals surface area contributed by atoms with Crippen LogP contribution in [-0.2, 0) is 21.2 Å². The number of ketones is 1. The predicted octanol–water partition coefficient (Wildman–Crippen LogP) is 3.52. The van der Waals surface area contributed by atoms with Crippen LogP contribution in [0.2, 0.25) is 0 Å². The van der Waals surface area contributed by atoms with E-state index >= 15 is 0 Å². The number of benzene rings is 2. The van der Waals surface area contributed by atoms with Gasteiger partial charge in [0.25, 0.3) is 0 Å². The quantitative estimate of drug-likeness (QED) is 0.458. The summed E-state index contributed by atoms with van der Waals surface area (Å²) in [5.41, 5.74) is 3.03. The predicted molar refractivity (Wildman–Crippen MR) is 123 cm³/mol. The van der Waals surface area contributed by atoms with Gasteiger partial charge in [-0.2, -0.15) is 14.8 Å². The number of piperidine rings is 1. The van der Waals surface area contributed by atoms with Gasteiger partial charge in [-0.3, -0.25) is 4.79 Å². The molecule has 0 aromatic heterocycles. The van der Waals surface area contributed by atoms with E-state index < -0.39 is 15.9 Å². The average Bonchev–Trinajstić information content (AvgIpc) is 2.81. The Bertz CT molecular complexity index is 1190. The number of Topliss-reactive ketones (excluding diaryl/α,β-unsaturated/α-hetero) is 1. The smallest absolute Gasteiger partial charge is 0.214 e. The zero-order valence-electron chi connectivity index (χ0n) is 17.4. The highest BCUT2D eigenvalue weighted by Crippen LogP contribution is 2.26. The molecule has 0 amide bonds. The molecule has 0 N–H and O–H groups in total. The van der Waals surface area contributed by atoms with Crippen LogP contribution in [0.4, 0.5) is 0 Å². The Kier molecular flexibility index (Phi) is 7.82. The summed E-state index contributed by atoms with van der Waals surface area (Å²) >= 11 is 5.70. The number of hydrogen-bond donors (Lipinski definition) is 0. The number of rotatable bonds is 7. The first-order valence-corrected chi connectivity index (χ1v) is 12.3. The van der Waals surface area contributed by atoms with Crippen LogP contribution in [0.5, 0.6) is 0 Å². The summed E-state index contributed by atoms with van der Waals surface area (Å²) < 4.78 is 27.1. The van der Waals surface area contributed by atoms with Crippen LogP contribution in [0.15, 0.2) is 54.1 Å². The number of carbonyl (C=O) groups is 1. The Morgan fingerprint density at radius 3 is 2.19 bits per heavy atom. The summed E-state index contributed by atoms with van der Waals surface area (Å²) in [5.74, 6) is -0.456. The molecule has 0 bridgehead atoms. The topological polar surface area (TPSA) is 102 Å². The number of nitriles is 2. The van der Waals surface area contributed by atoms with Gasteiger partial charge in [-0.15, -0.1) is 11.6 Å². The van der Waals surface area contributed by atoms with Gasteiger partial charge in [0.1, 0.15) is 0 Å². The third kappa shape index (κ3) is 5.83. The third-order valence-electron chi connectivity index (χ3n) is 5.33. The second kappa shape index (κ2) is 10.6. The van der Waals surface area contributed by atoms with Crippen LogP contribution in [-0.4, -0.2) is 43.2 Å². The zero-order valence-corrected chi connectivity index (χ0v) is 18.9. The fourth-order valence-electron chi connectivity index (χ4n) is 3.63. The molecule has 1 aliphatic heterocycles. The Balaban J connectivity index is 1.92. The third-order valence-corrected chi connectivity index (χ3v) is 7.47. The molecule has 1 aliphatic rings. The maximum absolute atomic E-state index is 13.3. The maximum atomic E-state index is 13.3. The molecular weight excluding hydrogens is 446 g/mol. The van der Waals surface area contributed by atoms with E-state index in [9.17, 15) is 13.2 Å². The van der Waals surface area contributed by atoms with Crippen molar-refractivity contribution in [2.24, 2.45) is 5.92 Å². The van der Waals surface area contributed by atoms with Gasteiger partial charge in [-0.05, 0) is 54.3 Å². The fourth-order valence-corrected chi connectivity index (χ4v) is 5.43. The van der Waals surface area contributed by atoms with Crippen LogP contribution in [0, 0.1) is 28.6 Å². The Morgan fingerprint density at radius 2 is 1.62 bits per heavy atom. The molecule has 0 radical (unpaired) electrons. The molecule has 1 atom stereocenters. The van der Waals surface area contributed by atoms with Crippen molar-refractivity contribution in [1.82, 2.24) is 4.31 Å². The first kappa shape index (κ1) is 23.7. The van der Waals surface area contributed by atoms with E-state index in [0.29, 0.717) is 29.5 Å². The molecule has 1 fully saturated rings. The van der Waals surface area contributed by atoms with Gasteiger partial charge in [0.15, 0.2) is 5.78 Å². The molecule has 6 nitrogen and oxygen atoms in total. The highest BCUT2D eigenvalue weighted by Gasteiger charge is 2.36. The molecule has 0 aliphatic carbocycles. The van der Waals surface area contributed by atoms with Gasteiger partial charge in [0, 0.05) is 30.5 Å². The number of sulfonamides is 1. The van der Waals surface area contributed by atoms with Crippen molar-refractivity contribution in [3.63, 3.8) is 0 Å². The van der Waals surface area contributed by atoms with E-state index in [-0.39, 0.29) is 30.5 Å². The lowest BCUT2D eigenvalue weighted by molar-refractivity contribution is -0.120. The molecule has 0 spiro atoms. The van der Waals surface area contributed by atoms with Gasteiger partial charge in [0.05, 0.1) is 29.0 Å². The second-order valence-corrected chi connectivity index (χ2v) is 10.1. The SMILES string of the molecule is N#Cc1ccc(/C=C2\CN(S(=O)(=O)CCCCl)CC(Cc3ccc(C#N)cc3)C2=O)cc1. The average molecular weight is 468 g/mol. The highest BCUT2D eigenvalue weighted by molar-refractivity contribution is 7.89. The summed E-state index contributed by atoms with van der Waals surface area (Å²) in [4.78, 5) is 13.3. The van der Waals surface area contributed by atoms with Gasteiger partial charge >= 0.3 is 0 Å². The second-order valence-electron chi connectivity index (χ2n) is 7.63. The lowest BCUT2D eigenvalue weighted by atomic mass is 9.87. The summed E-state index contributed by atoms with van der Waals surface area (Å²) in [5, 5.41) is 18.0. The first-order chi connectivity index (χ1) is 15.4. The Labute approximate surface area is 193 Å². The number of alkyl halides is 1. The van der Waals surface area contributed by atoms with Crippen LogP contribution in [0.1, 0.15) is 28.7 Å². The van der Waals surface area contributed by atoms with E-state index in [0.717, 1.165) is 11.1 Å². The zero-order chi connectivity index (χ0) is 23.1. The van der Waals surface area contributed by atoms with Crippen LogP contribution < -0.4 is 0 Å². The lowest BCUT2D eigenvalue weighted by Gasteiger charge is -2.33. The molecule has 32 heavy (non-hydrogen) atoms. The van der Waals surface area contributed by atoms with E-state index in [1.165, 1.54) is 4.31 Å². The van der Waals surface area contributed by atoms with Crippen LogP contribution in [0.3, 0.4) is 0 Å². The van der Waals surface area contributed by atoms with Crippen LogP contribution in [0.25, 0.3) is 6.08 Å². The molecule has 1 heterocycles. The molecular formula is C24H22ClN3O3S. The van der Waals surface area contributed by atoms with Crippen molar-refractivity contribution in [1.29, 1.82) is 10.5 Å². The molecule has 2 aromatic carbocycles. The standard InChI is InChI=1S/C24H22ClN3O3S/c25-10-1-11-32(30,31)28-16-22(12-18-2-6-20(14-26)7-3-18)24(29)23(17-28)13-19-4-8-21(15-27)9-5-19/h2-9,12,23H,1,10-11,13,16-17H2/b22-12+. The van der Waals surface area contributed by atoms with Crippen molar-refractivity contribution >= 4 is 33.5 Å². The number of nitrogens with zero attached hydrogens (tertiary/aromatic N) is 3. The summed E-state index contributed by atoms with van der Waals surface area (Å²) in [6.45, 7) is 0.113.